The average Bonchev–Trinajstić information content (AvgIpc) is 2.22. The first kappa shape index (κ1) is 16.7. The SMILES string of the molecule is C=CCOC(=O)CN1C(=O)[C@H]([C@@H](C)O)[C@H]1[S-].[Ag+]. The number of nitrogens with zero attached hydrogens (tertiary/aromatic N) is 1. The number of aliphatic hydroxyl groups is 1. The van der Waals surface area contributed by atoms with Crippen molar-refractivity contribution in [2.75, 3.05) is 13.2 Å². The third-order valence-electron chi connectivity index (χ3n) is 2.36. The van der Waals surface area contributed by atoms with Crippen LogP contribution in [0.4, 0.5) is 0 Å². The van der Waals surface area contributed by atoms with Crippen molar-refractivity contribution in [1.29, 1.82) is 0 Å². The normalized spacial score (nSPS) is 24.4. The van der Waals surface area contributed by atoms with Gasteiger partial charge in [0.25, 0.3) is 0 Å². The van der Waals surface area contributed by atoms with Crippen LogP contribution in [0.5, 0.6) is 0 Å². The van der Waals surface area contributed by atoms with Crippen molar-refractivity contribution in [3.05, 3.63) is 12.7 Å². The second-order valence-electron chi connectivity index (χ2n) is 3.59. The Morgan fingerprint density at radius 2 is 2.35 bits per heavy atom. The van der Waals surface area contributed by atoms with Crippen LogP contribution in [0, 0.1) is 5.92 Å². The van der Waals surface area contributed by atoms with Gasteiger partial charge in [0, 0.05) is 0 Å². The summed E-state index contributed by atoms with van der Waals surface area (Å²) in [5.74, 6) is -1.40. The molecule has 1 heterocycles. The number of hydrogen-bond donors (Lipinski definition) is 1. The second-order valence-corrected chi connectivity index (χ2v) is 4.08. The zero-order chi connectivity index (χ0) is 12.3. The monoisotopic (exact) mass is 351 g/mol. The summed E-state index contributed by atoms with van der Waals surface area (Å²) >= 11 is 5.01. The summed E-state index contributed by atoms with van der Waals surface area (Å²) < 4.78 is 4.73. The number of aliphatic hydroxyl groups excluding tert-OH is 1. The summed E-state index contributed by atoms with van der Waals surface area (Å²) in [6.07, 6.45) is 0.662. The Labute approximate surface area is 121 Å². The molecule has 1 saturated heterocycles. The molecule has 17 heavy (non-hydrogen) atoms. The number of ether oxygens (including phenoxy) is 1. The molecule has 3 atom stereocenters. The topological polar surface area (TPSA) is 66.8 Å². The molecule has 0 bridgehead atoms. The Hall–Kier alpha value is -0.270. The maximum atomic E-state index is 11.5. The summed E-state index contributed by atoms with van der Waals surface area (Å²) in [5.41, 5.74) is 0. The number of likely N-dealkylation sites (tertiary alicyclic amines) is 1. The number of hydrogen-bond acceptors (Lipinski definition) is 5. The van der Waals surface area contributed by atoms with Crippen molar-refractivity contribution in [2.45, 2.75) is 18.4 Å². The fraction of sp³-hybridized carbons (Fsp3) is 0.600. The van der Waals surface area contributed by atoms with E-state index in [-0.39, 0.29) is 41.4 Å². The van der Waals surface area contributed by atoms with E-state index in [2.05, 4.69) is 6.58 Å². The molecule has 0 aromatic heterocycles. The summed E-state index contributed by atoms with van der Waals surface area (Å²) in [5, 5.41) is 8.72. The molecule has 0 unspecified atom stereocenters. The van der Waals surface area contributed by atoms with Gasteiger partial charge in [0.15, 0.2) is 0 Å². The van der Waals surface area contributed by atoms with E-state index in [4.69, 9.17) is 17.4 Å². The van der Waals surface area contributed by atoms with Crippen LogP contribution in [-0.2, 0) is 49.3 Å². The van der Waals surface area contributed by atoms with E-state index in [1.165, 1.54) is 17.9 Å². The minimum absolute atomic E-state index is 0. The minimum atomic E-state index is -0.782. The summed E-state index contributed by atoms with van der Waals surface area (Å²) in [4.78, 5) is 23.9. The van der Waals surface area contributed by atoms with E-state index >= 15 is 0 Å². The number of β-lactam (4-membered cyclic amide) rings is 1. The van der Waals surface area contributed by atoms with E-state index in [1.807, 2.05) is 0 Å². The Morgan fingerprint density at radius 1 is 1.76 bits per heavy atom. The van der Waals surface area contributed by atoms with Crippen LogP contribution in [0.2, 0.25) is 0 Å². The third-order valence-corrected chi connectivity index (χ3v) is 2.91. The van der Waals surface area contributed by atoms with Crippen molar-refractivity contribution in [2.24, 2.45) is 5.92 Å². The predicted molar refractivity (Wildman–Crippen MR) is 59.2 cm³/mol. The first-order chi connectivity index (χ1) is 7.49. The van der Waals surface area contributed by atoms with Gasteiger partial charge in [-0.15, -0.1) is 0 Å². The maximum absolute atomic E-state index is 11.5. The number of rotatable bonds is 5. The summed E-state index contributed by atoms with van der Waals surface area (Å²) in [6, 6.07) is 0. The number of carbonyl (C=O) groups is 2. The first-order valence-electron chi connectivity index (χ1n) is 4.90. The van der Waals surface area contributed by atoms with Crippen LogP contribution in [0.1, 0.15) is 6.92 Å². The molecule has 0 aromatic rings. The zero-order valence-electron chi connectivity index (χ0n) is 9.26. The molecule has 1 amide bonds. The zero-order valence-corrected chi connectivity index (χ0v) is 11.6. The molecular weight excluding hydrogens is 338 g/mol. The van der Waals surface area contributed by atoms with E-state index in [9.17, 15) is 14.7 Å². The molecule has 1 N–H and O–H groups in total. The Morgan fingerprint density at radius 3 is 2.76 bits per heavy atom. The molecule has 1 rings (SSSR count). The summed E-state index contributed by atoms with van der Waals surface area (Å²) in [6.45, 7) is 4.86. The molecule has 0 radical (unpaired) electrons. The maximum Gasteiger partial charge on any atom is 1.00 e. The molecule has 0 aliphatic carbocycles. The van der Waals surface area contributed by atoms with E-state index in [0.29, 0.717) is 0 Å². The third kappa shape index (κ3) is 3.86. The largest absolute Gasteiger partial charge is 1.00 e. The van der Waals surface area contributed by atoms with E-state index in [1.54, 1.807) is 0 Å². The average molecular weight is 352 g/mol. The molecule has 1 aliphatic rings. The smallest absolute Gasteiger partial charge is 0.767 e. The standard InChI is InChI=1S/C10H15NO4S.Ag/c1-3-4-15-7(13)5-11-9(14)8(6(2)12)10(11)16;/h3,6,8,10,12,16H,1,4-5H2,2H3;/q;+1/p-1/t6-,8+,10-;/m1./s1. The fourth-order valence-electron chi connectivity index (χ4n) is 1.50. The van der Waals surface area contributed by atoms with Gasteiger partial charge in [-0.2, -0.15) is 0 Å². The fourth-order valence-corrected chi connectivity index (χ4v) is 2.02. The van der Waals surface area contributed by atoms with Crippen molar-refractivity contribution in [3.8, 4) is 0 Å². The minimum Gasteiger partial charge on any atom is -0.767 e. The van der Waals surface area contributed by atoms with Crippen molar-refractivity contribution in [3.63, 3.8) is 0 Å². The van der Waals surface area contributed by atoms with Gasteiger partial charge in [0.1, 0.15) is 13.2 Å². The molecule has 0 aromatic carbocycles. The second kappa shape index (κ2) is 7.23. The van der Waals surface area contributed by atoms with Gasteiger partial charge in [0.05, 0.1) is 12.0 Å². The van der Waals surface area contributed by atoms with Crippen LogP contribution >= 0.6 is 0 Å². The molecule has 0 saturated carbocycles. The van der Waals surface area contributed by atoms with Gasteiger partial charge in [-0.1, -0.05) is 18.0 Å². The van der Waals surface area contributed by atoms with Crippen LogP contribution in [-0.4, -0.2) is 46.5 Å². The molecular formula is C10H14AgNO4S. The van der Waals surface area contributed by atoms with Gasteiger partial charge in [0.2, 0.25) is 5.91 Å². The Bertz CT molecular complexity index is 311. The van der Waals surface area contributed by atoms with E-state index < -0.39 is 23.4 Å². The van der Waals surface area contributed by atoms with Crippen LogP contribution in [0.3, 0.4) is 0 Å². The van der Waals surface area contributed by atoms with Crippen molar-refractivity contribution < 1.29 is 41.8 Å². The molecule has 5 nitrogen and oxygen atoms in total. The quantitative estimate of drug-likeness (QED) is 0.236. The van der Waals surface area contributed by atoms with Crippen molar-refractivity contribution >= 4 is 24.5 Å². The van der Waals surface area contributed by atoms with Gasteiger partial charge >= 0.3 is 28.3 Å². The van der Waals surface area contributed by atoms with Gasteiger partial charge in [-0.25, -0.2) is 0 Å². The van der Waals surface area contributed by atoms with Crippen LogP contribution < -0.4 is 0 Å². The molecule has 1 aliphatic heterocycles. The number of carbonyl (C=O) groups excluding carboxylic acids is 2. The Kier molecular flexibility index (Phi) is 7.11. The summed E-state index contributed by atoms with van der Waals surface area (Å²) in [7, 11) is 0. The van der Waals surface area contributed by atoms with Crippen molar-refractivity contribution in [1.82, 2.24) is 4.90 Å². The molecule has 0 spiro atoms. The van der Waals surface area contributed by atoms with Crippen LogP contribution in [0.25, 0.3) is 0 Å². The molecule has 1 fully saturated rings. The van der Waals surface area contributed by atoms with Gasteiger partial charge in [-0.3, -0.25) is 9.59 Å². The number of amides is 1. The van der Waals surface area contributed by atoms with Gasteiger partial charge < -0.3 is 27.4 Å². The van der Waals surface area contributed by atoms with E-state index in [0.717, 1.165) is 0 Å². The first-order valence-corrected chi connectivity index (χ1v) is 5.37. The Balaban J connectivity index is 0.00000256. The molecule has 7 heteroatoms. The predicted octanol–water partition coefficient (Wildman–Crippen LogP) is -0.575. The van der Waals surface area contributed by atoms with Crippen LogP contribution in [0.15, 0.2) is 12.7 Å². The molecule has 100 valence electrons. The van der Waals surface area contributed by atoms with Gasteiger partial charge in [-0.05, 0) is 6.92 Å². The number of esters is 1.